The lowest BCUT2D eigenvalue weighted by Gasteiger charge is -2.13. The molecule has 0 aromatic heterocycles. The summed E-state index contributed by atoms with van der Waals surface area (Å²) < 4.78 is 0. The van der Waals surface area contributed by atoms with Gasteiger partial charge in [-0.15, -0.1) is 0 Å². The molecule has 5 nitrogen and oxygen atoms in total. The van der Waals surface area contributed by atoms with E-state index in [1.165, 1.54) is 0 Å². The molecule has 0 aliphatic rings. The van der Waals surface area contributed by atoms with Crippen LogP contribution >= 0.6 is 11.6 Å². The predicted molar refractivity (Wildman–Crippen MR) is 126 cm³/mol. The average molecular weight is 434 g/mol. The van der Waals surface area contributed by atoms with Gasteiger partial charge in [-0.3, -0.25) is 9.59 Å². The molecule has 6 heteroatoms. The van der Waals surface area contributed by atoms with Crippen LogP contribution in [-0.2, 0) is 11.3 Å². The van der Waals surface area contributed by atoms with Crippen molar-refractivity contribution in [3.63, 3.8) is 0 Å². The lowest BCUT2D eigenvalue weighted by molar-refractivity contribution is -0.117. The number of carbonyl (C=O) groups excluding carboxylic acids is 2. The van der Waals surface area contributed by atoms with E-state index in [9.17, 15) is 9.59 Å². The standard InChI is InChI=1S/C25H24ClN3O2/c1-29(2)21-14-12-18(13-15-21)16-23(28-24(30)19-8-4-3-5-9-19)25(31)27-17-20-10-6-7-11-22(20)26/h3-16H,17H2,1-2H3,(H,27,31)(H,28,30)/b23-16-. The van der Waals surface area contributed by atoms with Crippen LogP contribution in [0.2, 0.25) is 5.02 Å². The molecule has 2 amide bonds. The molecule has 0 saturated heterocycles. The Kier molecular flexibility index (Phi) is 7.46. The summed E-state index contributed by atoms with van der Waals surface area (Å²) in [6.07, 6.45) is 1.65. The first-order valence-corrected chi connectivity index (χ1v) is 10.2. The maximum atomic E-state index is 12.9. The van der Waals surface area contributed by atoms with Crippen LogP contribution in [0.5, 0.6) is 0 Å². The van der Waals surface area contributed by atoms with Gasteiger partial charge in [0.05, 0.1) is 0 Å². The fourth-order valence-corrected chi connectivity index (χ4v) is 3.09. The maximum absolute atomic E-state index is 12.9. The number of halogens is 1. The fourth-order valence-electron chi connectivity index (χ4n) is 2.89. The molecule has 2 N–H and O–H groups in total. The Labute approximate surface area is 187 Å². The van der Waals surface area contributed by atoms with Crippen LogP contribution in [-0.4, -0.2) is 25.9 Å². The highest BCUT2D eigenvalue weighted by Gasteiger charge is 2.15. The first-order chi connectivity index (χ1) is 14.9. The van der Waals surface area contributed by atoms with Crippen LogP contribution < -0.4 is 15.5 Å². The monoisotopic (exact) mass is 433 g/mol. The van der Waals surface area contributed by atoms with Crippen molar-refractivity contribution in [3.05, 3.63) is 106 Å². The average Bonchev–Trinajstić information content (AvgIpc) is 2.78. The summed E-state index contributed by atoms with van der Waals surface area (Å²) in [6.45, 7) is 0.247. The molecule has 31 heavy (non-hydrogen) atoms. The summed E-state index contributed by atoms with van der Waals surface area (Å²) in [5.41, 5.74) is 3.24. The van der Waals surface area contributed by atoms with E-state index in [1.807, 2.05) is 67.5 Å². The van der Waals surface area contributed by atoms with Crippen molar-refractivity contribution < 1.29 is 9.59 Å². The lowest BCUT2D eigenvalue weighted by atomic mass is 10.1. The molecule has 0 bridgehead atoms. The molecule has 158 valence electrons. The number of benzene rings is 3. The third kappa shape index (κ3) is 6.20. The van der Waals surface area contributed by atoms with Crippen molar-refractivity contribution in [1.29, 1.82) is 0 Å². The smallest absolute Gasteiger partial charge is 0.268 e. The zero-order valence-electron chi connectivity index (χ0n) is 17.4. The summed E-state index contributed by atoms with van der Waals surface area (Å²) in [7, 11) is 3.91. The van der Waals surface area contributed by atoms with Crippen molar-refractivity contribution in [3.8, 4) is 0 Å². The zero-order valence-corrected chi connectivity index (χ0v) is 18.2. The highest BCUT2D eigenvalue weighted by atomic mass is 35.5. The number of nitrogens with zero attached hydrogens (tertiary/aromatic N) is 1. The quantitative estimate of drug-likeness (QED) is 0.539. The van der Waals surface area contributed by atoms with Gasteiger partial charge in [0, 0.05) is 36.9 Å². The second kappa shape index (κ2) is 10.5. The van der Waals surface area contributed by atoms with Gasteiger partial charge < -0.3 is 15.5 Å². The van der Waals surface area contributed by atoms with Crippen molar-refractivity contribution in [2.45, 2.75) is 6.54 Å². The first-order valence-electron chi connectivity index (χ1n) is 9.81. The lowest BCUT2D eigenvalue weighted by Crippen LogP contribution is -2.34. The van der Waals surface area contributed by atoms with Gasteiger partial charge in [0.25, 0.3) is 11.8 Å². The van der Waals surface area contributed by atoms with Crippen molar-refractivity contribution in [2.24, 2.45) is 0 Å². The molecule has 0 aliphatic carbocycles. The van der Waals surface area contributed by atoms with Gasteiger partial charge >= 0.3 is 0 Å². The molecule has 3 aromatic carbocycles. The molecule has 0 spiro atoms. The predicted octanol–water partition coefficient (Wildman–Crippen LogP) is 4.49. The van der Waals surface area contributed by atoms with E-state index in [4.69, 9.17) is 11.6 Å². The van der Waals surface area contributed by atoms with E-state index in [0.717, 1.165) is 16.8 Å². The Morgan fingerprint density at radius 3 is 2.19 bits per heavy atom. The van der Waals surface area contributed by atoms with Gasteiger partial charge in [-0.2, -0.15) is 0 Å². The number of carbonyl (C=O) groups is 2. The Bertz CT molecular complexity index is 1080. The van der Waals surface area contributed by atoms with E-state index in [0.29, 0.717) is 10.6 Å². The van der Waals surface area contributed by atoms with Crippen molar-refractivity contribution in [1.82, 2.24) is 10.6 Å². The summed E-state index contributed by atoms with van der Waals surface area (Å²) in [6, 6.07) is 23.7. The molecule has 0 unspecified atom stereocenters. The number of rotatable bonds is 7. The highest BCUT2D eigenvalue weighted by Crippen LogP contribution is 2.16. The van der Waals surface area contributed by atoms with Crippen LogP contribution in [0.4, 0.5) is 5.69 Å². The molecule has 3 rings (SSSR count). The largest absolute Gasteiger partial charge is 0.378 e. The van der Waals surface area contributed by atoms with E-state index in [1.54, 1.807) is 36.4 Å². The van der Waals surface area contributed by atoms with Gasteiger partial charge in [-0.1, -0.05) is 60.1 Å². The molecular weight excluding hydrogens is 410 g/mol. The molecule has 0 saturated carbocycles. The molecule has 0 aliphatic heterocycles. The van der Waals surface area contributed by atoms with E-state index in [2.05, 4.69) is 10.6 Å². The number of anilines is 1. The normalized spacial score (nSPS) is 11.0. The van der Waals surface area contributed by atoms with Gasteiger partial charge in [-0.25, -0.2) is 0 Å². The Morgan fingerprint density at radius 2 is 1.55 bits per heavy atom. The molecular formula is C25H24ClN3O2. The van der Waals surface area contributed by atoms with Crippen molar-refractivity contribution in [2.75, 3.05) is 19.0 Å². The van der Waals surface area contributed by atoms with Gasteiger partial charge in [-0.05, 0) is 47.5 Å². The maximum Gasteiger partial charge on any atom is 0.268 e. The molecule has 0 atom stereocenters. The highest BCUT2D eigenvalue weighted by molar-refractivity contribution is 6.31. The van der Waals surface area contributed by atoms with Gasteiger partial charge in [0.15, 0.2) is 0 Å². The minimum Gasteiger partial charge on any atom is -0.378 e. The van der Waals surface area contributed by atoms with Crippen LogP contribution in [0, 0.1) is 0 Å². The SMILES string of the molecule is CN(C)c1ccc(/C=C(\NC(=O)c2ccccc2)C(=O)NCc2ccccc2Cl)cc1. The van der Waals surface area contributed by atoms with E-state index < -0.39 is 5.91 Å². The second-order valence-corrected chi connectivity index (χ2v) is 7.55. The number of hydrogen-bond acceptors (Lipinski definition) is 3. The molecule has 0 heterocycles. The minimum atomic E-state index is -0.402. The summed E-state index contributed by atoms with van der Waals surface area (Å²) >= 11 is 6.18. The van der Waals surface area contributed by atoms with E-state index >= 15 is 0 Å². The third-order valence-electron chi connectivity index (χ3n) is 4.65. The van der Waals surface area contributed by atoms with Crippen LogP contribution in [0.1, 0.15) is 21.5 Å². The summed E-state index contributed by atoms with van der Waals surface area (Å²) in [5, 5.41) is 6.14. The molecule has 3 aromatic rings. The van der Waals surface area contributed by atoms with Crippen LogP contribution in [0.25, 0.3) is 6.08 Å². The van der Waals surface area contributed by atoms with Crippen LogP contribution in [0.3, 0.4) is 0 Å². The molecule has 0 radical (unpaired) electrons. The third-order valence-corrected chi connectivity index (χ3v) is 5.02. The Balaban J connectivity index is 1.83. The van der Waals surface area contributed by atoms with Gasteiger partial charge in [0.2, 0.25) is 0 Å². The minimum absolute atomic E-state index is 0.151. The van der Waals surface area contributed by atoms with Crippen molar-refractivity contribution >= 4 is 35.2 Å². The zero-order chi connectivity index (χ0) is 22.2. The fraction of sp³-hybridized carbons (Fsp3) is 0.120. The number of hydrogen-bond donors (Lipinski definition) is 2. The Hall–Kier alpha value is -3.57. The summed E-state index contributed by atoms with van der Waals surface area (Å²) in [5.74, 6) is -0.759. The summed E-state index contributed by atoms with van der Waals surface area (Å²) in [4.78, 5) is 27.6. The Morgan fingerprint density at radius 1 is 0.903 bits per heavy atom. The topological polar surface area (TPSA) is 61.4 Å². The van der Waals surface area contributed by atoms with E-state index in [-0.39, 0.29) is 18.1 Å². The number of nitrogens with one attached hydrogen (secondary N) is 2. The second-order valence-electron chi connectivity index (χ2n) is 7.14. The molecule has 0 fully saturated rings. The van der Waals surface area contributed by atoms with Crippen LogP contribution in [0.15, 0.2) is 84.6 Å². The first kappa shape index (κ1) is 22.1. The van der Waals surface area contributed by atoms with Gasteiger partial charge in [0.1, 0.15) is 5.70 Å². The number of amides is 2.